The van der Waals surface area contributed by atoms with Gasteiger partial charge in [-0.15, -0.1) is 0 Å². The van der Waals surface area contributed by atoms with E-state index < -0.39 is 10.1 Å². The lowest BCUT2D eigenvalue weighted by Gasteiger charge is -2.05. The summed E-state index contributed by atoms with van der Waals surface area (Å²) in [7, 11) is -3.76. The summed E-state index contributed by atoms with van der Waals surface area (Å²) in [6.45, 7) is 0.789. The highest BCUT2D eigenvalue weighted by Gasteiger charge is 2.02. The van der Waals surface area contributed by atoms with Gasteiger partial charge in [0.05, 0.1) is 12.4 Å². The van der Waals surface area contributed by atoms with Crippen molar-refractivity contribution in [3.8, 4) is 5.75 Å². The Morgan fingerprint density at radius 2 is 1.22 bits per heavy atom. The Labute approximate surface area is 141 Å². The largest absolute Gasteiger partial charge is 0.494 e. The minimum Gasteiger partial charge on any atom is -0.494 e. The van der Waals surface area contributed by atoms with Crippen molar-refractivity contribution in [3.63, 3.8) is 0 Å². The summed E-state index contributed by atoms with van der Waals surface area (Å²) >= 11 is 0. The molecule has 0 aliphatic carbocycles. The van der Waals surface area contributed by atoms with Gasteiger partial charge in [0.2, 0.25) is 0 Å². The van der Waals surface area contributed by atoms with Crippen LogP contribution in [0.4, 0.5) is 0 Å². The number of hydrogen-bond acceptors (Lipinski definition) is 3. The van der Waals surface area contributed by atoms with Crippen molar-refractivity contribution in [1.29, 1.82) is 0 Å². The van der Waals surface area contributed by atoms with Gasteiger partial charge in [-0.1, -0.05) is 69.6 Å². The van der Waals surface area contributed by atoms with Crippen molar-refractivity contribution in [2.24, 2.45) is 0 Å². The maximum absolute atomic E-state index is 10.5. The Bertz CT molecular complexity index is 485. The van der Waals surface area contributed by atoms with E-state index in [1.165, 1.54) is 32.1 Å². The zero-order valence-electron chi connectivity index (χ0n) is 14.0. The van der Waals surface area contributed by atoms with E-state index in [0.29, 0.717) is 6.42 Å². The number of unbranched alkanes of at least 4 members (excludes halogenated alkanes) is 9. The van der Waals surface area contributed by atoms with E-state index in [2.05, 4.69) is 0 Å². The highest BCUT2D eigenvalue weighted by atomic mass is 32.2. The molecule has 132 valence electrons. The van der Waals surface area contributed by atoms with Crippen LogP contribution in [0, 0.1) is 0 Å². The smallest absolute Gasteiger partial charge is 0.264 e. The second-order valence-electron chi connectivity index (χ2n) is 5.98. The molecule has 1 N–H and O–H groups in total. The average Bonchev–Trinajstić information content (AvgIpc) is 2.52. The lowest BCUT2D eigenvalue weighted by atomic mass is 10.1. The molecule has 0 spiro atoms. The van der Waals surface area contributed by atoms with Crippen molar-refractivity contribution in [1.82, 2.24) is 0 Å². The monoisotopic (exact) mass is 342 g/mol. The molecule has 0 bridgehead atoms. The predicted molar refractivity (Wildman–Crippen MR) is 94.5 cm³/mol. The van der Waals surface area contributed by atoms with Crippen molar-refractivity contribution in [3.05, 3.63) is 30.3 Å². The highest BCUT2D eigenvalue weighted by molar-refractivity contribution is 7.85. The fourth-order valence-corrected chi connectivity index (χ4v) is 3.08. The normalized spacial score (nSPS) is 11.5. The maximum Gasteiger partial charge on any atom is 0.264 e. The number of rotatable bonds is 14. The van der Waals surface area contributed by atoms with Crippen molar-refractivity contribution < 1.29 is 17.7 Å². The third-order valence-corrected chi connectivity index (χ3v) is 4.61. The minimum absolute atomic E-state index is 0.0992. The molecule has 0 aliphatic heterocycles. The molecule has 0 fully saturated rings. The van der Waals surface area contributed by atoms with Crippen LogP contribution < -0.4 is 4.74 Å². The zero-order chi connectivity index (χ0) is 16.8. The molecule has 1 aromatic carbocycles. The first kappa shape index (κ1) is 20.0. The summed E-state index contributed by atoms with van der Waals surface area (Å²) in [5, 5.41) is 0. The van der Waals surface area contributed by atoms with Gasteiger partial charge in [0.1, 0.15) is 5.75 Å². The quantitative estimate of drug-likeness (QED) is 0.387. The lowest BCUT2D eigenvalue weighted by Crippen LogP contribution is -2.03. The molecule has 0 unspecified atom stereocenters. The molecular weight excluding hydrogens is 312 g/mol. The molecule has 0 saturated carbocycles. The van der Waals surface area contributed by atoms with Gasteiger partial charge in [0, 0.05) is 0 Å². The van der Waals surface area contributed by atoms with Crippen LogP contribution in [0.25, 0.3) is 0 Å². The van der Waals surface area contributed by atoms with Gasteiger partial charge in [0.15, 0.2) is 0 Å². The van der Waals surface area contributed by atoms with Crippen LogP contribution in [0.15, 0.2) is 30.3 Å². The molecule has 4 nitrogen and oxygen atoms in total. The lowest BCUT2D eigenvalue weighted by molar-refractivity contribution is 0.304. The number of ether oxygens (including phenoxy) is 1. The molecule has 0 radical (unpaired) electrons. The minimum atomic E-state index is -3.76. The summed E-state index contributed by atoms with van der Waals surface area (Å²) in [4.78, 5) is 0. The van der Waals surface area contributed by atoms with E-state index in [0.717, 1.165) is 38.0 Å². The Morgan fingerprint density at radius 1 is 0.739 bits per heavy atom. The molecule has 0 aromatic heterocycles. The van der Waals surface area contributed by atoms with Gasteiger partial charge in [-0.05, 0) is 25.0 Å². The first-order valence-corrected chi connectivity index (χ1v) is 10.3. The summed E-state index contributed by atoms with van der Waals surface area (Å²) in [5.74, 6) is 0.847. The van der Waals surface area contributed by atoms with E-state index in [-0.39, 0.29) is 5.75 Å². The first-order valence-electron chi connectivity index (χ1n) is 8.71. The molecule has 0 heterocycles. The van der Waals surface area contributed by atoms with Crippen LogP contribution in [0.2, 0.25) is 0 Å². The van der Waals surface area contributed by atoms with E-state index in [1.807, 2.05) is 30.3 Å². The fourth-order valence-electron chi connectivity index (χ4n) is 2.51. The number of benzene rings is 1. The van der Waals surface area contributed by atoms with Crippen molar-refractivity contribution in [2.45, 2.75) is 64.2 Å². The second kappa shape index (κ2) is 12.4. The maximum atomic E-state index is 10.5. The second-order valence-corrected chi connectivity index (χ2v) is 7.56. The zero-order valence-corrected chi connectivity index (χ0v) is 14.8. The number of hydrogen-bond donors (Lipinski definition) is 1. The predicted octanol–water partition coefficient (Wildman–Crippen LogP) is 4.85. The molecule has 1 rings (SSSR count). The number of para-hydroxylation sites is 1. The van der Waals surface area contributed by atoms with Crippen LogP contribution in [0.3, 0.4) is 0 Å². The molecule has 0 amide bonds. The van der Waals surface area contributed by atoms with Gasteiger partial charge in [-0.25, -0.2) is 0 Å². The summed E-state index contributed by atoms with van der Waals surface area (Å²) in [6.07, 6.45) is 11.0. The Morgan fingerprint density at radius 3 is 1.74 bits per heavy atom. The molecule has 23 heavy (non-hydrogen) atoms. The molecule has 0 aliphatic rings. The third-order valence-electron chi connectivity index (χ3n) is 3.81. The van der Waals surface area contributed by atoms with Crippen LogP contribution >= 0.6 is 0 Å². The summed E-state index contributed by atoms with van der Waals surface area (Å²) < 4.78 is 35.3. The highest BCUT2D eigenvalue weighted by Crippen LogP contribution is 2.12. The summed E-state index contributed by atoms with van der Waals surface area (Å²) in [6, 6.07) is 9.92. The van der Waals surface area contributed by atoms with Gasteiger partial charge < -0.3 is 4.74 Å². The van der Waals surface area contributed by atoms with Crippen molar-refractivity contribution >= 4 is 10.1 Å². The molecule has 5 heteroatoms. The SMILES string of the molecule is O=S(=O)(O)CCCCCCCCCCCCOc1ccccc1. The van der Waals surface area contributed by atoms with Crippen LogP contribution in [-0.4, -0.2) is 25.3 Å². The summed E-state index contributed by atoms with van der Waals surface area (Å²) in [5.41, 5.74) is 0. The first-order chi connectivity index (χ1) is 11.1. The van der Waals surface area contributed by atoms with E-state index in [9.17, 15) is 8.42 Å². The van der Waals surface area contributed by atoms with Gasteiger partial charge in [0.25, 0.3) is 10.1 Å². The van der Waals surface area contributed by atoms with Crippen LogP contribution in [-0.2, 0) is 10.1 Å². The molecule has 0 saturated heterocycles. The van der Waals surface area contributed by atoms with Crippen molar-refractivity contribution in [2.75, 3.05) is 12.4 Å². The Hall–Kier alpha value is -1.07. The van der Waals surface area contributed by atoms with Crippen LogP contribution in [0.5, 0.6) is 5.75 Å². The van der Waals surface area contributed by atoms with E-state index in [1.54, 1.807) is 0 Å². The fraction of sp³-hybridized carbons (Fsp3) is 0.667. The van der Waals surface area contributed by atoms with Gasteiger partial charge in [-0.3, -0.25) is 4.55 Å². The van der Waals surface area contributed by atoms with Gasteiger partial charge >= 0.3 is 0 Å². The van der Waals surface area contributed by atoms with Crippen LogP contribution in [0.1, 0.15) is 64.2 Å². The van der Waals surface area contributed by atoms with E-state index in [4.69, 9.17) is 9.29 Å². The third kappa shape index (κ3) is 13.1. The molecular formula is C18H30O4S. The Balaban J connectivity index is 1.78. The molecule has 1 aromatic rings. The Kier molecular flexibility index (Phi) is 10.7. The standard InChI is InChI=1S/C18H30O4S/c19-23(20,21)17-13-8-6-4-2-1-3-5-7-12-16-22-18-14-10-9-11-15-18/h9-11,14-15H,1-8,12-13,16-17H2,(H,19,20,21). The van der Waals surface area contributed by atoms with Gasteiger partial charge in [-0.2, -0.15) is 8.42 Å². The topological polar surface area (TPSA) is 63.6 Å². The average molecular weight is 343 g/mol. The van der Waals surface area contributed by atoms with E-state index >= 15 is 0 Å². The molecule has 0 atom stereocenters.